The zero-order valence-electron chi connectivity index (χ0n) is 13.1. The molecule has 0 bridgehead atoms. The summed E-state index contributed by atoms with van der Waals surface area (Å²) in [5, 5.41) is 2.67. The van der Waals surface area contributed by atoms with Gasteiger partial charge in [-0.25, -0.2) is 0 Å². The lowest BCUT2D eigenvalue weighted by Crippen LogP contribution is -1.95. The number of allylic oxidation sites excluding steroid dienone is 8. The second-order valence-corrected chi connectivity index (χ2v) is 6.42. The summed E-state index contributed by atoms with van der Waals surface area (Å²) in [6.45, 7) is 4.53. The average molecular weight is 284 g/mol. The van der Waals surface area contributed by atoms with Crippen LogP contribution in [0.4, 0.5) is 0 Å². The first-order valence-electron chi connectivity index (χ1n) is 8.05. The van der Waals surface area contributed by atoms with E-state index in [0.29, 0.717) is 5.92 Å². The minimum Gasteiger partial charge on any atom is -0.0795 e. The second kappa shape index (κ2) is 5.14. The summed E-state index contributed by atoms with van der Waals surface area (Å²) in [6.07, 6.45) is 10.3. The van der Waals surface area contributed by atoms with Gasteiger partial charge in [-0.05, 0) is 51.0 Å². The third-order valence-corrected chi connectivity index (χ3v) is 4.67. The van der Waals surface area contributed by atoms with Crippen LogP contribution in [-0.2, 0) is 0 Å². The van der Waals surface area contributed by atoms with Gasteiger partial charge in [-0.2, -0.15) is 0 Å². The van der Waals surface area contributed by atoms with Gasteiger partial charge in [0.05, 0.1) is 0 Å². The molecule has 2 aromatic carbocycles. The topological polar surface area (TPSA) is 0 Å². The van der Waals surface area contributed by atoms with Crippen molar-refractivity contribution in [2.24, 2.45) is 5.92 Å². The molecule has 0 heterocycles. The number of benzene rings is 2. The van der Waals surface area contributed by atoms with Gasteiger partial charge < -0.3 is 0 Å². The van der Waals surface area contributed by atoms with Crippen molar-refractivity contribution in [3.63, 3.8) is 0 Å². The van der Waals surface area contributed by atoms with Crippen LogP contribution in [-0.4, -0.2) is 0 Å². The van der Waals surface area contributed by atoms with Crippen LogP contribution < -0.4 is 0 Å². The molecular formula is C22H20. The molecule has 0 N–H and O–H groups in total. The van der Waals surface area contributed by atoms with Crippen LogP contribution in [0.15, 0.2) is 83.5 Å². The Balaban J connectivity index is 1.95. The molecule has 0 saturated carbocycles. The van der Waals surface area contributed by atoms with Crippen molar-refractivity contribution < 1.29 is 0 Å². The van der Waals surface area contributed by atoms with Crippen molar-refractivity contribution in [2.75, 3.05) is 0 Å². The van der Waals surface area contributed by atoms with E-state index in [1.165, 1.54) is 38.6 Å². The fourth-order valence-electron chi connectivity index (χ4n) is 3.44. The first kappa shape index (κ1) is 13.3. The Morgan fingerprint density at radius 1 is 0.909 bits per heavy atom. The molecule has 0 spiro atoms. The quantitative estimate of drug-likeness (QED) is 0.627. The highest BCUT2D eigenvalue weighted by atomic mass is 14.2. The van der Waals surface area contributed by atoms with Gasteiger partial charge in [-0.3, -0.25) is 0 Å². The summed E-state index contributed by atoms with van der Waals surface area (Å²) in [5.41, 5.74) is 7.07. The Morgan fingerprint density at radius 3 is 2.59 bits per heavy atom. The monoisotopic (exact) mass is 284 g/mol. The third kappa shape index (κ3) is 2.07. The van der Waals surface area contributed by atoms with Gasteiger partial charge in [0.15, 0.2) is 0 Å². The molecule has 22 heavy (non-hydrogen) atoms. The van der Waals surface area contributed by atoms with E-state index in [0.717, 1.165) is 6.42 Å². The van der Waals surface area contributed by atoms with E-state index in [4.69, 9.17) is 0 Å². The van der Waals surface area contributed by atoms with E-state index >= 15 is 0 Å². The highest BCUT2D eigenvalue weighted by Crippen LogP contribution is 2.40. The van der Waals surface area contributed by atoms with Crippen molar-refractivity contribution in [2.45, 2.75) is 20.3 Å². The molecule has 108 valence electrons. The predicted octanol–water partition coefficient (Wildman–Crippen LogP) is 6.08. The molecule has 0 nitrogen and oxygen atoms in total. The molecule has 0 atom stereocenters. The van der Waals surface area contributed by atoms with Gasteiger partial charge in [0.2, 0.25) is 0 Å². The highest BCUT2D eigenvalue weighted by molar-refractivity contribution is 5.97. The fourth-order valence-corrected chi connectivity index (χ4v) is 3.44. The molecule has 0 amide bonds. The Morgan fingerprint density at radius 2 is 1.73 bits per heavy atom. The van der Waals surface area contributed by atoms with Gasteiger partial charge in [-0.15, -0.1) is 0 Å². The summed E-state index contributed by atoms with van der Waals surface area (Å²) < 4.78 is 0. The standard InChI is InChI=1S/C22H20/c1-15(2)18-13-17-9-6-12-21(22(17)14-18)20-11-5-8-16-7-3-4-10-19(16)20/h3-11,13-15H,12H2,1-2H3. The first-order valence-corrected chi connectivity index (χ1v) is 8.05. The van der Waals surface area contributed by atoms with Crippen molar-refractivity contribution in [1.29, 1.82) is 0 Å². The van der Waals surface area contributed by atoms with E-state index < -0.39 is 0 Å². The van der Waals surface area contributed by atoms with Gasteiger partial charge in [0.1, 0.15) is 0 Å². The lowest BCUT2D eigenvalue weighted by atomic mass is 9.87. The molecular weight excluding hydrogens is 264 g/mol. The number of rotatable bonds is 2. The maximum Gasteiger partial charge on any atom is -0.00818 e. The van der Waals surface area contributed by atoms with Crippen LogP contribution in [0.25, 0.3) is 16.3 Å². The first-order chi connectivity index (χ1) is 10.7. The van der Waals surface area contributed by atoms with E-state index in [2.05, 4.69) is 80.6 Å². The normalized spacial score (nSPS) is 17.0. The molecule has 0 heteroatoms. The van der Waals surface area contributed by atoms with Crippen LogP contribution in [0.3, 0.4) is 0 Å². The predicted molar refractivity (Wildman–Crippen MR) is 95.6 cm³/mol. The number of hydrogen-bond donors (Lipinski definition) is 0. The van der Waals surface area contributed by atoms with Crippen molar-refractivity contribution in [3.05, 3.63) is 89.1 Å². The molecule has 0 radical (unpaired) electrons. The fraction of sp³-hybridized carbons (Fsp3) is 0.182. The molecule has 2 aliphatic rings. The van der Waals surface area contributed by atoms with Gasteiger partial charge >= 0.3 is 0 Å². The van der Waals surface area contributed by atoms with Gasteiger partial charge in [-0.1, -0.05) is 80.6 Å². The minimum absolute atomic E-state index is 0.577. The summed E-state index contributed by atoms with van der Waals surface area (Å²) >= 11 is 0. The molecule has 0 fully saturated rings. The van der Waals surface area contributed by atoms with Crippen molar-refractivity contribution in [1.82, 2.24) is 0 Å². The maximum atomic E-state index is 2.39. The Bertz CT molecular complexity index is 865. The zero-order chi connectivity index (χ0) is 15.1. The van der Waals surface area contributed by atoms with Crippen molar-refractivity contribution >= 4 is 16.3 Å². The van der Waals surface area contributed by atoms with Crippen LogP contribution >= 0.6 is 0 Å². The van der Waals surface area contributed by atoms with E-state index in [-0.39, 0.29) is 0 Å². The average Bonchev–Trinajstić information content (AvgIpc) is 2.99. The van der Waals surface area contributed by atoms with Crippen LogP contribution in [0, 0.1) is 5.92 Å². The molecule has 2 aliphatic carbocycles. The highest BCUT2D eigenvalue weighted by Gasteiger charge is 2.20. The van der Waals surface area contributed by atoms with Crippen LogP contribution in [0.2, 0.25) is 0 Å². The Labute approximate surface area is 132 Å². The van der Waals surface area contributed by atoms with Crippen LogP contribution in [0.1, 0.15) is 25.8 Å². The number of hydrogen-bond acceptors (Lipinski definition) is 0. The molecule has 0 aliphatic heterocycles. The molecule has 0 unspecified atom stereocenters. The SMILES string of the molecule is CC(C)C1=CC2=C(c3cccc4ccccc34)CC=CC2=C1. The van der Waals surface area contributed by atoms with Crippen molar-refractivity contribution in [3.8, 4) is 0 Å². The second-order valence-electron chi connectivity index (χ2n) is 6.42. The molecule has 2 aromatic rings. The lowest BCUT2D eigenvalue weighted by Gasteiger charge is -2.17. The summed E-state index contributed by atoms with van der Waals surface area (Å²) in [5.74, 6) is 0.577. The largest absolute Gasteiger partial charge is 0.0795 e. The molecule has 0 aromatic heterocycles. The minimum atomic E-state index is 0.577. The summed E-state index contributed by atoms with van der Waals surface area (Å²) in [6, 6.07) is 15.3. The van der Waals surface area contributed by atoms with Crippen LogP contribution in [0.5, 0.6) is 0 Å². The third-order valence-electron chi connectivity index (χ3n) is 4.67. The van der Waals surface area contributed by atoms with E-state index in [1.54, 1.807) is 0 Å². The summed E-state index contributed by atoms with van der Waals surface area (Å²) in [4.78, 5) is 0. The Kier molecular flexibility index (Phi) is 3.11. The van der Waals surface area contributed by atoms with Gasteiger partial charge in [0, 0.05) is 0 Å². The molecule has 4 rings (SSSR count). The Hall–Kier alpha value is -2.34. The van der Waals surface area contributed by atoms with E-state index in [1.807, 2.05) is 0 Å². The van der Waals surface area contributed by atoms with E-state index in [9.17, 15) is 0 Å². The van der Waals surface area contributed by atoms with Gasteiger partial charge in [0.25, 0.3) is 0 Å². The smallest absolute Gasteiger partial charge is 0.00818 e. The molecule has 0 saturated heterocycles. The zero-order valence-corrected chi connectivity index (χ0v) is 13.1. The lowest BCUT2D eigenvalue weighted by molar-refractivity contribution is 0.794. The number of fused-ring (bicyclic) bond motifs is 2. The maximum absolute atomic E-state index is 2.39. The summed E-state index contributed by atoms with van der Waals surface area (Å²) in [7, 11) is 0.